The van der Waals surface area contributed by atoms with E-state index in [0.717, 1.165) is 51.7 Å². The second-order valence-corrected chi connectivity index (χ2v) is 8.62. The number of hydrogen-bond acceptors (Lipinski definition) is 6. The largest absolute Gasteiger partial charge is 0.463 e. The fourth-order valence-corrected chi connectivity index (χ4v) is 5.51. The van der Waals surface area contributed by atoms with Crippen LogP contribution in [0.1, 0.15) is 29.5 Å². The number of nitrogens with one attached hydrogen (secondary N) is 1. The van der Waals surface area contributed by atoms with Crippen molar-refractivity contribution in [2.75, 3.05) is 5.32 Å². The van der Waals surface area contributed by atoms with Crippen LogP contribution < -0.4 is 5.32 Å². The third kappa shape index (κ3) is 2.87. The van der Waals surface area contributed by atoms with Gasteiger partial charge in [0.25, 0.3) is 0 Å². The number of nitrogens with zero attached hydrogens (tertiary/aromatic N) is 3. The first-order chi connectivity index (χ1) is 14.9. The smallest absolute Gasteiger partial charge is 0.152 e. The van der Waals surface area contributed by atoms with E-state index in [1.807, 2.05) is 18.2 Å². The van der Waals surface area contributed by atoms with E-state index in [-0.39, 0.29) is 0 Å². The third-order valence-electron chi connectivity index (χ3n) is 5.78. The minimum absolute atomic E-state index is 0.727. The quantitative estimate of drug-likeness (QED) is 0.393. The van der Waals surface area contributed by atoms with Crippen LogP contribution in [0, 0.1) is 0 Å². The lowest BCUT2D eigenvalue weighted by atomic mass is 9.88. The zero-order valence-corrected chi connectivity index (χ0v) is 17.2. The highest BCUT2D eigenvalue weighted by atomic mass is 32.1. The van der Waals surface area contributed by atoms with Crippen LogP contribution in [0.3, 0.4) is 0 Å². The van der Waals surface area contributed by atoms with Gasteiger partial charge in [0, 0.05) is 11.9 Å². The lowest BCUT2D eigenvalue weighted by molar-refractivity contribution is 0.577. The van der Waals surface area contributed by atoms with Gasteiger partial charge in [-0.2, -0.15) is 0 Å². The predicted molar refractivity (Wildman–Crippen MR) is 121 cm³/mol. The molecule has 0 fully saturated rings. The summed E-state index contributed by atoms with van der Waals surface area (Å²) in [5.74, 6) is 1.72. The van der Waals surface area contributed by atoms with Gasteiger partial charge in [-0.15, -0.1) is 11.3 Å². The molecule has 4 heterocycles. The summed E-state index contributed by atoms with van der Waals surface area (Å²) in [6.07, 6.45) is 7.87. The van der Waals surface area contributed by atoms with Crippen molar-refractivity contribution in [3.05, 3.63) is 71.7 Å². The van der Waals surface area contributed by atoms with Gasteiger partial charge in [0.2, 0.25) is 0 Å². The summed E-state index contributed by atoms with van der Waals surface area (Å²) < 4.78 is 6.79. The second-order valence-electron chi connectivity index (χ2n) is 7.62. The number of hydrogen-bond donors (Lipinski definition) is 1. The van der Waals surface area contributed by atoms with Crippen molar-refractivity contribution < 1.29 is 4.42 Å². The molecule has 1 aliphatic rings. The SMILES string of the molecule is c1ccc(CNc2ncnc3c2sc2nc(-c4ccco4)c4c(c23)CCCC4)cc1. The minimum Gasteiger partial charge on any atom is -0.463 e. The average molecular weight is 413 g/mol. The van der Waals surface area contributed by atoms with Crippen molar-refractivity contribution in [3.8, 4) is 11.5 Å². The van der Waals surface area contributed by atoms with E-state index in [4.69, 9.17) is 9.40 Å². The van der Waals surface area contributed by atoms with Crippen molar-refractivity contribution in [2.24, 2.45) is 0 Å². The van der Waals surface area contributed by atoms with E-state index in [2.05, 4.69) is 39.6 Å². The van der Waals surface area contributed by atoms with E-state index >= 15 is 0 Å². The Morgan fingerprint density at radius 1 is 0.967 bits per heavy atom. The Morgan fingerprint density at radius 2 is 1.83 bits per heavy atom. The molecule has 0 radical (unpaired) electrons. The van der Waals surface area contributed by atoms with Gasteiger partial charge in [0.1, 0.15) is 22.7 Å². The Labute approximate surface area is 177 Å². The molecule has 1 N–H and O–H groups in total. The number of thiophene rings is 1. The van der Waals surface area contributed by atoms with Crippen LogP contribution in [0.4, 0.5) is 5.82 Å². The van der Waals surface area contributed by atoms with Crippen LogP contribution in [0.5, 0.6) is 0 Å². The molecule has 4 aromatic heterocycles. The summed E-state index contributed by atoms with van der Waals surface area (Å²) in [7, 11) is 0. The Balaban J connectivity index is 1.52. The normalized spacial score (nSPS) is 13.6. The molecule has 6 heteroatoms. The fourth-order valence-electron chi connectivity index (χ4n) is 4.38. The average Bonchev–Trinajstić information content (AvgIpc) is 3.46. The van der Waals surface area contributed by atoms with Gasteiger partial charge in [-0.25, -0.2) is 15.0 Å². The number of fused-ring (bicyclic) bond motifs is 5. The second kappa shape index (κ2) is 7.22. The van der Waals surface area contributed by atoms with E-state index < -0.39 is 0 Å². The molecule has 30 heavy (non-hydrogen) atoms. The van der Waals surface area contributed by atoms with Crippen LogP contribution in [0.2, 0.25) is 0 Å². The number of aryl methyl sites for hydroxylation is 1. The molecule has 0 aliphatic heterocycles. The van der Waals surface area contributed by atoms with Crippen molar-refractivity contribution >= 4 is 37.6 Å². The molecule has 148 valence electrons. The van der Waals surface area contributed by atoms with E-state index in [9.17, 15) is 0 Å². The van der Waals surface area contributed by atoms with E-state index in [0.29, 0.717) is 0 Å². The van der Waals surface area contributed by atoms with Gasteiger partial charge in [-0.05, 0) is 54.5 Å². The van der Waals surface area contributed by atoms with Crippen LogP contribution in [0.15, 0.2) is 59.5 Å². The van der Waals surface area contributed by atoms with Crippen molar-refractivity contribution in [1.29, 1.82) is 0 Å². The highest BCUT2D eigenvalue weighted by molar-refractivity contribution is 7.26. The first-order valence-electron chi connectivity index (χ1n) is 10.3. The number of anilines is 1. The summed E-state index contributed by atoms with van der Waals surface area (Å²) in [6, 6.07) is 14.3. The molecule has 5 nitrogen and oxygen atoms in total. The first-order valence-corrected chi connectivity index (χ1v) is 11.1. The van der Waals surface area contributed by atoms with Gasteiger partial charge in [-0.3, -0.25) is 0 Å². The molecule has 6 rings (SSSR count). The molecule has 1 aromatic carbocycles. The lowest BCUT2D eigenvalue weighted by Crippen LogP contribution is -2.07. The van der Waals surface area contributed by atoms with Crippen molar-refractivity contribution in [1.82, 2.24) is 15.0 Å². The van der Waals surface area contributed by atoms with Crippen molar-refractivity contribution in [3.63, 3.8) is 0 Å². The van der Waals surface area contributed by atoms with Crippen LogP contribution >= 0.6 is 11.3 Å². The zero-order valence-electron chi connectivity index (χ0n) is 16.4. The monoisotopic (exact) mass is 412 g/mol. The molecule has 0 unspecified atom stereocenters. The summed E-state index contributed by atoms with van der Waals surface area (Å²) in [6.45, 7) is 0.727. The van der Waals surface area contributed by atoms with Gasteiger partial charge in [0.15, 0.2) is 5.76 Å². The van der Waals surface area contributed by atoms with E-state index in [1.54, 1.807) is 23.9 Å². The highest BCUT2D eigenvalue weighted by Crippen LogP contribution is 2.42. The Hall–Kier alpha value is -3.25. The van der Waals surface area contributed by atoms with Gasteiger partial charge in [0.05, 0.1) is 16.5 Å². The zero-order chi connectivity index (χ0) is 19.9. The summed E-state index contributed by atoms with van der Waals surface area (Å²) in [4.78, 5) is 15.3. The Bertz CT molecular complexity index is 1340. The number of furan rings is 1. The number of rotatable bonds is 4. The first kappa shape index (κ1) is 17.6. The van der Waals surface area contributed by atoms with Crippen molar-refractivity contribution in [2.45, 2.75) is 32.2 Å². The van der Waals surface area contributed by atoms with Crippen LogP contribution in [0.25, 0.3) is 31.9 Å². The van der Waals surface area contributed by atoms with Gasteiger partial charge >= 0.3 is 0 Å². The minimum atomic E-state index is 0.727. The maximum atomic E-state index is 5.72. The van der Waals surface area contributed by atoms with Crippen LogP contribution in [-0.4, -0.2) is 15.0 Å². The topological polar surface area (TPSA) is 63.8 Å². The number of benzene rings is 1. The molecular weight excluding hydrogens is 392 g/mol. The lowest BCUT2D eigenvalue weighted by Gasteiger charge is -2.19. The summed E-state index contributed by atoms with van der Waals surface area (Å²) in [5.41, 5.74) is 5.93. The Morgan fingerprint density at radius 3 is 2.67 bits per heavy atom. The standard InChI is InChI=1S/C24H20N4OS/c1-2-7-15(8-3-1)13-25-23-22-21(26-14-27-23)19-16-9-4-5-10-17(16)20(28-24(19)30-22)18-11-6-12-29-18/h1-3,6-8,11-12,14H,4-5,9-10,13H2,(H,25,26,27). The molecule has 0 bridgehead atoms. The summed E-state index contributed by atoms with van der Waals surface area (Å²) >= 11 is 1.67. The number of aromatic nitrogens is 3. The highest BCUT2D eigenvalue weighted by Gasteiger charge is 2.24. The Kier molecular flexibility index (Phi) is 4.23. The maximum Gasteiger partial charge on any atom is 0.152 e. The molecule has 0 saturated carbocycles. The molecule has 5 aromatic rings. The van der Waals surface area contributed by atoms with Gasteiger partial charge < -0.3 is 9.73 Å². The molecule has 1 aliphatic carbocycles. The molecule has 0 atom stereocenters. The molecular formula is C24H20N4OS. The maximum absolute atomic E-state index is 5.72. The molecule has 0 amide bonds. The molecule has 0 spiro atoms. The number of pyridine rings is 1. The third-order valence-corrected chi connectivity index (χ3v) is 6.86. The molecule has 0 saturated heterocycles. The fraction of sp³-hybridized carbons (Fsp3) is 0.208. The van der Waals surface area contributed by atoms with Gasteiger partial charge in [-0.1, -0.05) is 30.3 Å². The van der Waals surface area contributed by atoms with E-state index in [1.165, 1.54) is 34.9 Å². The predicted octanol–water partition coefficient (Wildman–Crippen LogP) is 5.99. The van der Waals surface area contributed by atoms with Crippen LogP contribution in [-0.2, 0) is 19.4 Å². The summed E-state index contributed by atoms with van der Waals surface area (Å²) in [5, 5.41) is 4.70.